The lowest BCUT2D eigenvalue weighted by Crippen LogP contribution is -2.39. The number of hydrogen-bond acceptors (Lipinski definition) is 4. The second-order valence-corrected chi connectivity index (χ2v) is 12.4. The summed E-state index contributed by atoms with van der Waals surface area (Å²) in [6.07, 6.45) is 0.606. The third-order valence-corrected chi connectivity index (χ3v) is 10.6. The van der Waals surface area contributed by atoms with E-state index in [2.05, 4.69) is 20.8 Å². The van der Waals surface area contributed by atoms with Crippen LogP contribution in [0, 0.1) is 6.92 Å². The highest BCUT2D eigenvalue weighted by atomic mass is 32.2. The molecular formula is C17H30O4SSi. The maximum absolute atomic E-state index is 12.1. The van der Waals surface area contributed by atoms with Gasteiger partial charge in [0.05, 0.1) is 11.5 Å². The van der Waals surface area contributed by atoms with E-state index >= 15 is 0 Å². The van der Waals surface area contributed by atoms with Gasteiger partial charge in [0.2, 0.25) is 0 Å². The van der Waals surface area contributed by atoms with E-state index in [0.717, 1.165) is 23.7 Å². The smallest absolute Gasteiger partial charge is 0.296 e. The molecule has 132 valence electrons. The van der Waals surface area contributed by atoms with Crippen LogP contribution < -0.4 is 0 Å². The second-order valence-electron chi connectivity index (χ2n) is 6.05. The quantitative estimate of drug-likeness (QED) is 0.456. The Labute approximate surface area is 142 Å². The van der Waals surface area contributed by atoms with E-state index in [4.69, 9.17) is 8.61 Å². The van der Waals surface area contributed by atoms with Crippen LogP contribution in [0.4, 0.5) is 0 Å². The van der Waals surface area contributed by atoms with E-state index in [1.54, 1.807) is 24.3 Å². The third-order valence-electron chi connectivity index (χ3n) is 4.46. The molecule has 0 saturated carbocycles. The van der Waals surface area contributed by atoms with Crippen molar-refractivity contribution in [3.05, 3.63) is 29.8 Å². The van der Waals surface area contributed by atoms with E-state index in [-0.39, 0.29) is 17.6 Å². The highest BCUT2D eigenvalue weighted by Crippen LogP contribution is 2.24. The van der Waals surface area contributed by atoms with Gasteiger partial charge in [-0.2, -0.15) is 8.42 Å². The van der Waals surface area contributed by atoms with Gasteiger partial charge in [-0.25, -0.2) is 0 Å². The predicted octanol–water partition coefficient (Wildman–Crippen LogP) is 4.50. The SMILES string of the molecule is CC[Si](CC)(CC)O[C@H](C)CCOS(=O)(=O)c1ccc(C)cc1. The molecule has 0 unspecified atom stereocenters. The van der Waals surface area contributed by atoms with Crippen LogP contribution in [0.25, 0.3) is 0 Å². The zero-order chi connectivity index (χ0) is 17.5. The Morgan fingerprint density at radius 2 is 1.57 bits per heavy atom. The van der Waals surface area contributed by atoms with E-state index in [9.17, 15) is 8.42 Å². The minimum absolute atomic E-state index is 0.0229. The molecule has 0 bridgehead atoms. The van der Waals surface area contributed by atoms with Crippen molar-refractivity contribution in [3.8, 4) is 0 Å². The molecule has 6 heteroatoms. The average molecular weight is 359 g/mol. The Balaban J connectivity index is 2.54. The fourth-order valence-electron chi connectivity index (χ4n) is 2.58. The van der Waals surface area contributed by atoms with Gasteiger partial charge in [0, 0.05) is 6.10 Å². The van der Waals surface area contributed by atoms with Crippen molar-refractivity contribution < 1.29 is 17.0 Å². The summed E-state index contributed by atoms with van der Waals surface area (Å²) in [5.74, 6) is 0. The first-order chi connectivity index (χ1) is 10.8. The molecule has 1 rings (SSSR count). The second kappa shape index (κ2) is 8.96. The van der Waals surface area contributed by atoms with Gasteiger partial charge in [0.1, 0.15) is 0 Å². The fourth-order valence-corrected chi connectivity index (χ4v) is 6.48. The molecule has 0 aliphatic heterocycles. The number of rotatable bonds is 10. The summed E-state index contributed by atoms with van der Waals surface area (Å²) in [5.41, 5.74) is 1.02. The largest absolute Gasteiger partial charge is 0.414 e. The van der Waals surface area contributed by atoms with Crippen LogP contribution in [0.5, 0.6) is 0 Å². The van der Waals surface area contributed by atoms with Gasteiger partial charge in [-0.05, 0) is 50.5 Å². The monoisotopic (exact) mass is 358 g/mol. The normalized spacial score (nSPS) is 14.0. The highest BCUT2D eigenvalue weighted by molar-refractivity contribution is 7.86. The van der Waals surface area contributed by atoms with Gasteiger partial charge >= 0.3 is 0 Å². The molecule has 1 aromatic carbocycles. The molecule has 0 spiro atoms. The Kier molecular flexibility index (Phi) is 7.93. The molecule has 0 aliphatic rings. The first kappa shape index (κ1) is 20.4. The lowest BCUT2D eigenvalue weighted by Gasteiger charge is -2.31. The molecule has 0 aromatic heterocycles. The van der Waals surface area contributed by atoms with Gasteiger partial charge in [0.25, 0.3) is 10.1 Å². The first-order valence-electron chi connectivity index (χ1n) is 8.42. The van der Waals surface area contributed by atoms with E-state index in [1.807, 2.05) is 13.8 Å². The Bertz CT molecular complexity index is 556. The Hall–Kier alpha value is -0.693. The molecule has 0 aliphatic carbocycles. The molecular weight excluding hydrogens is 328 g/mol. The van der Waals surface area contributed by atoms with Crippen LogP contribution in [0.1, 0.15) is 39.7 Å². The predicted molar refractivity (Wildman–Crippen MR) is 96.7 cm³/mol. The van der Waals surface area contributed by atoms with Crippen LogP contribution >= 0.6 is 0 Å². The van der Waals surface area contributed by atoms with Crippen LogP contribution in [0.15, 0.2) is 29.2 Å². The van der Waals surface area contributed by atoms with Crippen LogP contribution in [-0.2, 0) is 18.7 Å². The Morgan fingerprint density at radius 1 is 1.04 bits per heavy atom. The van der Waals surface area contributed by atoms with Crippen molar-refractivity contribution in [2.45, 2.75) is 70.2 Å². The fraction of sp³-hybridized carbons (Fsp3) is 0.647. The molecule has 0 amide bonds. The summed E-state index contributed by atoms with van der Waals surface area (Å²) in [5, 5.41) is 0. The summed E-state index contributed by atoms with van der Waals surface area (Å²) in [7, 11) is -5.33. The minimum Gasteiger partial charge on any atom is -0.414 e. The van der Waals surface area contributed by atoms with Crippen molar-refractivity contribution >= 4 is 18.4 Å². The third kappa shape index (κ3) is 6.03. The minimum atomic E-state index is -3.68. The average Bonchev–Trinajstić information content (AvgIpc) is 2.53. The highest BCUT2D eigenvalue weighted by Gasteiger charge is 2.30. The summed E-state index contributed by atoms with van der Waals surface area (Å²) < 4.78 is 35.7. The molecule has 0 heterocycles. The standard InChI is InChI=1S/C17H30O4SSi/c1-6-23(7-2,8-3)21-16(5)13-14-20-22(18,19)17-11-9-15(4)10-12-17/h9-12,16H,6-8,13-14H2,1-5H3/t16-/m1/s1. The topological polar surface area (TPSA) is 52.6 Å². The maximum Gasteiger partial charge on any atom is 0.296 e. The van der Waals surface area contributed by atoms with Crippen molar-refractivity contribution in [3.63, 3.8) is 0 Å². The maximum atomic E-state index is 12.1. The number of benzene rings is 1. The Morgan fingerprint density at radius 3 is 2.04 bits per heavy atom. The molecule has 4 nitrogen and oxygen atoms in total. The van der Waals surface area contributed by atoms with Gasteiger partial charge in [-0.1, -0.05) is 38.5 Å². The molecule has 23 heavy (non-hydrogen) atoms. The van der Waals surface area contributed by atoms with E-state index in [0.29, 0.717) is 6.42 Å². The van der Waals surface area contributed by atoms with E-state index < -0.39 is 18.4 Å². The van der Waals surface area contributed by atoms with Crippen LogP contribution in [-0.4, -0.2) is 29.4 Å². The van der Waals surface area contributed by atoms with Gasteiger partial charge in [-0.15, -0.1) is 0 Å². The molecule has 0 N–H and O–H groups in total. The molecule has 0 radical (unpaired) electrons. The molecule has 1 atom stereocenters. The lowest BCUT2D eigenvalue weighted by atomic mass is 10.2. The molecule has 0 saturated heterocycles. The van der Waals surface area contributed by atoms with Gasteiger partial charge < -0.3 is 4.43 Å². The summed E-state index contributed by atoms with van der Waals surface area (Å²) >= 11 is 0. The van der Waals surface area contributed by atoms with E-state index in [1.165, 1.54) is 0 Å². The van der Waals surface area contributed by atoms with Gasteiger partial charge in [0.15, 0.2) is 8.32 Å². The molecule has 1 aromatic rings. The summed E-state index contributed by atoms with van der Waals surface area (Å²) in [6.45, 7) is 10.6. The summed E-state index contributed by atoms with van der Waals surface area (Å²) in [6, 6.07) is 9.96. The van der Waals surface area contributed by atoms with Crippen molar-refractivity contribution in [1.29, 1.82) is 0 Å². The summed E-state index contributed by atoms with van der Waals surface area (Å²) in [4.78, 5) is 0.205. The van der Waals surface area contributed by atoms with Crippen molar-refractivity contribution in [2.75, 3.05) is 6.61 Å². The van der Waals surface area contributed by atoms with Crippen LogP contribution in [0.3, 0.4) is 0 Å². The molecule has 0 fully saturated rings. The first-order valence-corrected chi connectivity index (χ1v) is 12.4. The van der Waals surface area contributed by atoms with Crippen molar-refractivity contribution in [2.24, 2.45) is 0 Å². The zero-order valence-electron chi connectivity index (χ0n) is 15.0. The zero-order valence-corrected chi connectivity index (χ0v) is 16.8. The number of aryl methyl sites for hydroxylation is 1. The number of hydrogen-bond donors (Lipinski definition) is 0. The van der Waals surface area contributed by atoms with Crippen LogP contribution in [0.2, 0.25) is 18.1 Å². The lowest BCUT2D eigenvalue weighted by molar-refractivity contribution is 0.167. The van der Waals surface area contributed by atoms with Gasteiger partial charge in [-0.3, -0.25) is 4.18 Å². The van der Waals surface area contributed by atoms with Crippen molar-refractivity contribution in [1.82, 2.24) is 0 Å².